The molecule has 0 N–H and O–H groups in total. The number of thiazole rings is 1. The molecule has 1 aliphatic rings. The van der Waals surface area contributed by atoms with Gasteiger partial charge < -0.3 is 9.64 Å². The number of aryl methyl sites for hydroxylation is 1. The molecule has 1 aliphatic heterocycles. The third kappa shape index (κ3) is 4.40. The molecule has 3 aromatic rings. The zero-order valence-electron chi connectivity index (χ0n) is 17.3. The van der Waals surface area contributed by atoms with Gasteiger partial charge in [0.25, 0.3) is 0 Å². The summed E-state index contributed by atoms with van der Waals surface area (Å²) in [5.41, 5.74) is 4.71. The summed E-state index contributed by atoms with van der Waals surface area (Å²) < 4.78 is 5.49. The summed E-state index contributed by atoms with van der Waals surface area (Å²) in [5.74, 6) is 0.374. The van der Waals surface area contributed by atoms with Gasteiger partial charge in [-0.3, -0.25) is 9.97 Å². The Hall–Kier alpha value is -2.54. The third-order valence-electron chi connectivity index (χ3n) is 5.13. The first-order valence-corrected chi connectivity index (χ1v) is 10.8. The number of benzene rings is 1. The highest BCUT2D eigenvalue weighted by Crippen LogP contribution is 2.34. The first-order valence-electron chi connectivity index (χ1n) is 9.95. The molecule has 0 saturated carbocycles. The standard InChI is InChI=1S/C22H26N4O2S/c1-14-11-17-18(24-8-7-23-17)12-16(14)20-25-19(13-29-20)15-5-9-26(10-6-15)21(27)28-22(2,3)4/h7-8,11-13,15H,5-6,9-10H2,1-4H3. The molecule has 1 saturated heterocycles. The summed E-state index contributed by atoms with van der Waals surface area (Å²) in [4.78, 5) is 27.8. The molecule has 1 fully saturated rings. The molecule has 1 amide bonds. The molecular weight excluding hydrogens is 384 g/mol. The number of aromatic nitrogens is 3. The molecule has 0 aliphatic carbocycles. The number of amides is 1. The van der Waals surface area contributed by atoms with Crippen LogP contribution >= 0.6 is 11.3 Å². The normalized spacial score (nSPS) is 15.7. The van der Waals surface area contributed by atoms with Crippen molar-refractivity contribution in [3.05, 3.63) is 41.2 Å². The number of ether oxygens (including phenoxy) is 1. The van der Waals surface area contributed by atoms with Gasteiger partial charge in [0.05, 0.1) is 16.7 Å². The van der Waals surface area contributed by atoms with Gasteiger partial charge in [-0.2, -0.15) is 0 Å². The van der Waals surface area contributed by atoms with E-state index in [0.717, 1.165) is 45.7 Å². The molecule has 0 bridgehead atoms. The zero-order chi connectivity index (χ0) is 20.6. The summed E-state index contributed by atoms with van der Waals surface area (Å²) in [5, 5.41) is 3.17. The second kappa shape index (κ2) is 7.71. The fourth-order valence-corrected chi connectivity index (χ4v) is 4.61. The van der Waals surface area contributed by atoms with Gasteiger partial charge in [0.15, 0.2) is 0 Å². The van der Waals surface area contributed by atoms with Crippen LogP contribution in [0.4, 0.5) is 4.79 Å². The Labute approximate surface area is 175 Å². The number of piperidine rings is 1. The topological polar surface area (TPSA) is 68.2 Å². The third-order valence-corrected chi connectivity index (χ3v) is 6.03. The highest BCUT2D eigenvalue weighted by atomic mass is 32.1. The molecule has 0 atom stereocenters. The van der Waals surface area contributed by atoms with Crippen molar-refractivity contribution in [1.29, 1.82) is 0 Å². The SMILES string of the molecule is Cc1cc2nccnc2cc1-c1nc(C2CCN(C(=O)OC(C)(C)C)CC2)cs1. The molecule has 0 radical (unpaired) electrons. The van der Waals surface area contributed by atoms with Crippen LogP contribution in [0.25, 0.3) is 21.6 Å². The fraction of sp³-hybridized carbons (Fsp3) is 0.455. The number of carbonyl (C=O) groups excluding carboxylic acids is 1. The maximum Gasteiger partial charge on any atom is 0.410 e. The van der Waals surface area contributed by atoms with Crippen LogP contribution in [-0.4, -0.2) is 44.6 Å². The van der Waals surface area contributed by atoms with Gasteiger partial charge >= 0.3 is 6.09 Å². The lowest BCUT2D eigenvalue weighted by molar-refractivity contribution is 0.0204. The Morgan fingerprint density at radius 3 is 2.45 bits per heavy atom. The summed E-state index contributed by atoms with van der Waals surface area (Å²) in [6.45, 7) is 9.19. The number of carbonyl (C=O) groups is 1. The van der Waals surface area contributed by atoms with E-state index in [1.165, 1.54) is 0 Å². The monoisotopic (exact) mass is 410 g/mol. The summed E-state index contributed by atoms with van der Waals surface area (Å²) in [6, 6.07) is 4.14. The number of likely N-dealkylation sites (tertiary alicyclic amines) is 1. The van der Waals surface area contributed by atoms with Crippen LogP contribution in [-0.2, 0) is 4.74 Å². The lowest BCUT2D eigenvalue weighted by atomic mass is 9.94. The lowest BCUT2D eigenvalue weighted by Gasteiger charge is -2.32. The van der Waals surface area contributed by atoms with E-state index >= 15 is 0 Å². The molecule has 0 unspecified atom stereocenters. The minimum absolute atomic E-state index is 0.220. The van der Waals surface area contributed by atoms with E-state index in [1.54, 1.807) is 28.6 Å². The van der Waals surface area contributed by atoms with Gasteiger partial charge in [0.2, 0.25) is 0 Å². The molecule has 4 rings (SSSR count). The van der Waals surface area contributed by atoms with Crippen molar-refractivity contribution < 1.29 is 9.53 Å². The molecule has 2 aromatic heterocycles. The van der Waals surface area contributed by atoms with Gasteiger partial charge in [-0.1, -0.05) is 0 Å². The van der Waals surface area contributed by atoms with Crippen molar-refractivity contribution in [2.24, 2.45) is 0 Å². The Morgan fingerprint density at radius 1 is 1.14 bits per heavy atom. The maximum atomic E-state index is 12.3. The van der Waals surface area contributed by atoms with Gasteiger partial charge in [-0.25, -0.2) is 9.78 Å². The molecule has 0 spiro atoms. The average Bonchev–Trinajstić information content (AvgIpc) is 3.16. The Morgan fingerprint density at radius 2 is 1.79 bits per heavy atom. The molecule has 152 valence electrons. The minimum Gasteiger partial charge on any atom is -0.444 e. The number of hydrogen-bond donors (Lipinski definition) is 0. The average molecular weight is 411 g/mol. The largest absolute Gasteiger partial charge is 0.444 e. The van der Waals surface area contributed by atoms with Crippen LogP contribution in [0.1, 0.15) is 50.8 Å². The fourth-order valence-electron chi connectivity index (χ4n) is 3.63. The molecule has 7 heteroatoms. The van der Waals surface area contributed by atoms with E-state index in [1.807, 2.05) is 20.8 Å². The van der Waals surface area contributed by atoms with Crippen LogP contribution < -0.4 is 0 Å². The smallest absolute Gasteiger partial charge is 0.410 e. The van der Waals surface area contributed by atoms with Crippen LogP contribution in [0.2, 0.25) is 0 Å². The van der Waals surface area contributed by atoms with Gasteiger partial charge in [0.1, 0.15) is 10.6 Å². The van der Waals surface area contributed by atoms with Crippen molar-refractivity contribution in [1.82, 2.24) is 19.9 Å². The quantitative estimate of drug-likeness (QED) is 0.582. The van der Waals surface area contributed by atoms with Gasteiger partial charge in [-0.15, -0.1) is 11.3 Å². The minimum atomic E-state index is -0.458. The van der Waals surface area contributed by atoms with E-state index in [4.69, 9.17) is 9.72 Å². The number of nitrogens with zero attached hydrogens (tertiary/aromatic N) is 4. The van der Waals surface area contributed by atoms with E-state index in [2.05, 4.69) is 34.4 Å². The molecule has 6 nitrogen and oxygen atoms in total. The number of fused-ring (bicyclic) bond motifs is 1. The highest BCUT2D eigenvalue weighted by molar-refractivity contribution is 7.13. The predicted molar refractivity (Wildman–Crippen MR) is 115 cm³/mol. The van der Waals surface area contributed by atoms with Gasteiger partial charge in [-0.05, 0) is 58.2 Å². The summed E-state index contributed by atoms with van der Waals surface area (Å²) in [6.07, 6.45) is 5.03. The van der Waals surface area contributed by atoms with Crippen LogP contribution in [0.5, 0.6) is 0 Å². The van der Waals surface area contributed by atoms with E-state index in [9.17, 15) is 4.79 Å². The second-order valence-corrected chi connectivity index (χ2v) is 9.39. The molecule has 1 aromatic carbocycles. The Balaban J connectivity index is 1.47. The summed E-state index contributed by atoms with van der Waals surface area (Å²) >= 11 is 1.67. The number of hydrogen-bond acceptors (Lipinski definition) is 6. The second-order valence-electron chi connectivity index (χ2n) is 8.53. The van der Waals surface area contributed by atoms with Crippen molar-refractivity contribution >= 4 is 28.5 Å². The van der Waals surface area contributed by atoms with Crippen molar-refractivity contribution in [2.45, 2.75) is 52.1 Å². The van der Waals surface area contributed by atoms with Crippen molar-refractivity contribution in [2.75, 3.05) is 13.1 Å². The molecule has 3 heterocycles. The zero-order valence-corrected chi connectivity index (χ0v) is 18.1. The molecular formula is C22H26N4O2S. The van der Waals surface area contributed by atoms with Gasteiger partial charge in [0, 0.05) is 42.3 Å². The van der Waals surface area contributed by atoms with E-state index in [-0.39, 0.29) is 6.09 Å². The Bertz CT molecular complexity index is 1030. The van der Waals surface area contributed by atoms with Crippen molar-refractivity contribution in [3.8, 4) is 10.6 Å². The Kier molecular flexibility index (Phi) is 5.25. The first kappa shape index (κ1) is 19.8. The van der Waals surface area contributed by atoms with Crippen LogP contribution in [0.3, 0.4) is 0 Å². The predicted octanol–water partition coefficient (Wildman–Crippen LogP) is 5.18. The van der Waals surface area contributed by atoms with E-state index in [0.29, 0.717) is 19.0 Å². The highest BCUT2D eigenvalue weighted by Gasteiger charge is 2.28. The van der Waals surface area contributed by atoms with Crippen LogP contribution in [0, 0.1) is 6.92 Å². The lowest BCUT2D eigenvalue weighted by Crippen LogP contribution is -2.41. The molecule has 29 heavy (non-hydrogen) atoms. The van der Waals surface area contributed by atoms with E-state index < -0.39 is 5.60 Å². The summed E-state index contributed by atoms with van der Waals surface area (Å²) in [7, 11) is 0. The maximum absolute atomic E-state index is 12.3. The number of rotatable bonds is 2. The van der Waals surface area contributed by atoms with Crippen molar-refractivity contribution in [3.63, 3.8) is 0 Å². The first-order chi connectivity index (χ1) is 13.8. The van der Waals surface area contributed by atoms with Crippen LogP contribution in [0.15, 0.2) is 29.9 Å².